The molecule has 0 radical (unpaired) electrons. The van der Waals surface area contributed by atoms with Crippen LogP contribution in [-0.2, 0) is 11.3 Å². The number of nitrogens with zero attached hydrogens (tertiary/aromatic N) is 3. The van der Waals surface area contributed by atoms with Crippen molar-refractivity contribution in [3.8, 4) is 0 Å². The first-order valence-corrected chi connectivity index (χ1v) is 9.44. The van der Waals surface area contributed by atoms with Gasteiger partial charge in [0, 0.05) is 30.3 Å². The molecule has 0 saturated carbocycles. The topological polar surface area (TPSA) is 65.5 Å². The normalized spacial score (nSPS) is 15.7. The second kappa shape index (κ2) is 7.39. The van der Waals surface area contributed by atoms with Gasteiger partial charge in [0.05, 0.1) is 5.69 Å². The lowest BCUT2D eigenvalue weighted by Crippen LogP contribution is -2.43. The Morgan fingerprint density at radius 3 is 2.14 bits per heavy atom. The van der Waals surface area contributed by atoms with E-state index in [1.54, 1.807) is 43.3 Å². The molecule has 2 heterocycles. The lowest BCUT2D eigenvalue weighted by atomic mass is 10.0. The Hall–Kier alpha value is -3.67. The number of hydrogen-bond acceptors (Lipinski definition) is 4. The van der Waals surface area contributed by atoms with Gasteiger partial charge in [-0.25, -0.2) is 9.69 Å². The second-order valence-electron chi connectivity index (χ2n) is 7.46. The minimum atomic E-state index is -0.929. The van der Waals surface area contributed by atoms with E-state index in [0.717, 1.165) is 16.9 Å². The van der Waals surface area contributed by atoms with Gasteiger partial charge in [0.25, 0.3) is 5.91 Å². The molecule has 6 nitrogen and oxygen atoms in total. The fourth-order valence-electron chi connectivity index (χ4n) is 3.38. The monoisotopic (exact) mass is 386 g/mol. The van der Waals surface area contributed by atoms with Crippen molar-refractivity contribution in [2.45, 2.75) is 25.9 Å². The largest absolute Gasteiger partial charge is 0.356 e. The lowest BCUT2D eigenvalue weighted by molar-refractivity contribution is -0.123. The molecule has 0 aliphatic carbocycles. The summed E-state index contributed by atoms with van der Waals surface area (Å²) in [5, 5.41) is 3.30. The Bertz CT molecular complexity index is 1020. The number of carbonyl (C=O) groups excluding carboxylic acids is 2. The zero-order chi connectivity index (χ0) is 20.4. The highest BCUT2D eigenvalue weighted by molar-refractivity contribution is 6.22. The van der Waals surface area contributed by atoms with Gasteiger partial charge in [0.2, 0.25) is 0 Å². The maximum Gasteiger partial charge on any atom is 0.332 e. The van der Waals surface area contributed by atoms with Gasteiger partial charge in [0.15, 0.2) is 0 Å². The molecule has 0 atom stereocenters. The zero-order valence-corrected chi connectivity index (χ0v) is 16.4. The number of para-hydroxylation sites is 1. The van der Waals surface area contributed by atoms with Crippen LogP contribution in [-0.4, -0.2) is 27.4 Å². The van der Waals surface area contributed by atoms with Crippen LogP contribution in [0.2, 0.25) is 0 Å². The second-order valence-corrected chi connectivity index (χ2v) is 7.46. The highest BCUT2D eigenvalue weighted by Gasteiger charge is 2.51. The summed E-state index contributed by atoms with van der Waals surface area (Å²) in [6, 6.07) is 20.5. The number of rotatable bonds is 5. The molecule has 146 valence electrons. The van der Waals surface area contributed by atoms with Crippen molar-refractivity contribution in [1.29, 1.82) is 0 Å². The summed E-state index contributed by atoms with van der Waals surface area (Å²) in [6.45, 7) is 3.91. The number of pyridine rings is 1. The third kappa shape index (κ3) is 3.57. The Labute approximate surface area is 169 Å². The Morgan fingerprint density at radius 1 is 0.862 bits per heavy atom. The van der Waals surface area contributed by atoms with Crippen molar-refractivity contribution in [1.82, 2.24) is 9.88 Å². The molecule has 1 aromatic heterocycles. The van der Waals surface area contributed by atoms with E-state index in [9.17, 15) is 9.59 Å². The molecule has 1 aliphatic heterocycles. The molecule has 0 unspecified atom stereocenters. The molecule has 3 amide bonds. The van der Waals surface area contributed by atoms with E-state index in [4.69, 9.17) is 0 Å². The van der Waals surface area contributed by atoms with Gasteiger partial charge in [-0.05, 0) is 67.9 Å². The quantitative estimate of drug-likeness (QED) is 0.652. The molecule has 2 aromatic carbocycles. The maximum absolute atomic E-state index is 13.1. The molecule has 1 saturated heterocycles. The van der Waals surface area contributed by atoms with Crippen LogP contribution in [0.1, 0.15) is 19.4 Å². The first-order valence-electron chi connectivity index (χ1n) is 9.44. The smallest absolute Gasteiger partial charge is 0.332 e. The molecule has 1 fully saturated rings. The summed E-state index contributed by atoms with van der Waals surface area (Å²) in [5.74, 6) is -0.236. The Morgan fingerprint density at radius 2 is 1.48 bits per heavy atom. The van der Waals surface area contributed by atoms with E-state index in [1.807, 2.05) is 54.6 Å². The third-order valence-corrected chi connectivity index (χ3v) is 5.10. The van der Waals surface area contributed by atoms with E-state index in [1.165, 1.54) is 4.90 Å². The van der Waals surface area contributed by atoms with E-state index in [2.05, 4.69) is 10.3 Å². The Kier molecular flexibility index (Phi) is 4.76. The fourth-order valence-corrected chi connectivity index (χ4v) is 3.38. The summed E-state index contributed by atoms with van der Waals surface area (Å²) >= 11 is 0. The molecule has 1 aliphatic rings. The molecule has 0 spiro atoms. The number of carbonyl (C=O) groups is 2. The van der Waals surface area contributed by atoms with Crippen LogP contribution >= 0.6 is 0 Å². The number of benzene rings is 2. The summed E-state index contributed by atoms with van der Waals surface area (Å²) in [4.78, 5) is 33.0. The standard InChI is InChI=1S/C23H22N4O2/c1-23(2)21(28)27(22(29)26(23)16-17-12-14-24-15-13-17)20-10-8-19(9-11-20)25-18-6-4-3-5-7-18/h3-15,25H,16H2,1-2H3. The van der Waals surface area contributed by atoms with Gasteiger partial charge in [-0.15, -0.1) is 0 Å². The molecule has 4 rings (SSSR count). The summed E-state index contributed by atoms with van der Waals surface area (Å²) in [6.07, 6.45) is 3.36. The lowest BCUT2D eigenvalue weighted by Gasteiger charge is -2.27. The molecular weight excluding hydrogens is 364 g/mol. The summed E-state index contributed by atoms with van der Waals surface area (Å²) in [7, 11) is 0. The van der Waals surface area contributed by atoms with Gasteiger partial charge in [-0.3, -0.25) is 9.78 Å². The maximum atomic E-state index is 13.1. The van der Waals surface area contributed by atoms with Crippen molar-refractivity contribution in [2.75, 3.05) is 10.2 Å². The number of aromatic nitrogens is 1. The molecular formula is C23H22N4O2. The van der Waals surface area contributed by atoms with Crippen molar-refractivity contribution in [3.63, 3.8) is 0 Å². The van der Waals surface area contributed by atoms with Gasteiger partial charge >= 0.3 is 6.03 Å². The number of urea groups is 1. The van der Waals surface area contributed by atoms with Crippen LogP contribution in [0.25, 0.3) is 0 Å². The van der Waals surface area contributed by atoms with Crippen LogP contribution in [0.5, 0.6) is 0 Å². The number of amides is 3. The fraction of sp³-hybridized carbons (Fsp3) is 0.174. The number of nitrogens with one attached hydrogen (secondary N) is 1. The Balaban J connectivity index is 1.56. The van der Waals surface area contributed by atoms with E-state index in [0.29, 0.717) is 12.2 Å². The van der Waals surface area contributed by atoms with E-state index < -0.39 is 5.54 Å². The van der Waals surface area contributed by atoms with Crippen LogP contribution < -0.4 is 10.2 Å². The minimum absolute atomic E-state index is 0.236. The number of hydrogen-bond donors (Lipinski definition) is 1. The summed E-state index contributed by atoms with van der Waals surface area (Å²) in [5.41, 5.74) is 2.41. The van der Waals surface area contributed by atoms with E-state index >= 15 is 0 Å². The zero-order valence-electron chi connectivity index (χ0n) is 16.4. The first-order chi connectivity index (χ1) is 14.0. The minimum Gasteiger partial charge on any atom is -0.356 e. The van der Waals surface area contributed by atoms with Crippen LogP contribution in [0, 0.1) is 0 Å². The van der Waals surface area contributed by atoms with Crippen molar-refractivity contribution in [2.24, 2.45) is 0 Å². The highest BCUT2D eigenvalue weighted by atomic mass is 16.2. The molecule has 6 heteroatoms. The van der Waals surface area contributed by atoms with Gasteiger partial charge < -0.3 is 10.2 Å². The van der Waals surface area contributed by atoms with Crippen LogP contribution in [0.15, 0.2) is 79.1 Å². The molecule has 1 N–H and O–H groups in total. The summed E-state index contributed by atoms with van der Waals surface area (Å²) < 4.78 is 0. The van der Waals surface area contributed by atoms with Gasteiger partial charge in [0.1, 0.15) is 5.54 Å². The molecule has 0 bridgehead atoms. The predicted molar refractivity (Wildman–Crippen MR) is 113 cm³/mol. The average Bonchev–Trinajstić information content (AvgIpc) is 2.90. The molecule has 3 aromatic rings. The van der Waals surface area contributed by atoms with Crippen molar-refractivity contribution in [3.05, 3.63) is 84.7 Å². The van der Waals surface area contributed by atoms with E-state index in [-0.39, 0.29) is 11.9 Å². The first kappa shape index (κ1) is 18.7. The van der Waals surface area contributed by atoms with Gasteiger partial charge in [-0.1, -0.05) is 18.2 Å². The van der Waals surface area contributed by atoms with Crippen molar-refractivity contribution < 1.29 is 9.59 Å². The van der Waals surface area contributed by atoms with Crippen molar-refractivity contribution >= 4 is 29.0 Å². The highest BCUT2D eigenvalue weighted by Crippen LogP contribution is 2.33. The predicted octanol–water partition coefficient (Wildman–Crippen LogP) is 4.57. The number of anilines is 3. The molecule has 29 heavy (non-hydrogen) atoms. The van der Waals surface area contributed by atoms with Gasteiger partial charge in [-0.2, -0.15) is 0 Å². The van der Waals surface area contributed by atoms with Crippen LogP contribution in [0.3, 0.4) is 0 Å². The van der Waals surface area contributed by atoms with Crippen LogP contribution in [0.4, 0.5) is 21.9 Å². The average molecular weight is 386 g/mol. The third-order valence-electron chi connectivity index (χ3n) is 5.10. The SMILES string of the molecule is CC1(C)C(=O)N(c2ccc(Nc3ccccc3)cc2)C(=O)N1Cc1ccncc1. The number of imide groups is 1.